The number of benzene rings is 1. The smallest absolute Gasteiger partial charge is 0.406 e. The fourth-order valence-electron chi connectivity index (χ4n) is 2.06. The van der Waals surface area contributed by atoms with Crippen molar-refractivity contribution in [2.24, 2.45) is 0 Å². The molecule has 2 nitrogen and oxygen atoms in total. The second-order valence-corrected chi connectivity index (χ2v) is 4.12. The van der Waals surface area contributed by atoms with Crippen LogP contribution in [0.25, 0.3) is 0 Å². The third-order valence-electron chi connectivity index (χ3n) is 2.80. The zero-order valence-corrected chi connectivity index (χ0v) is 10.5. The van der Waals surface area contributed by atoms with Crippen LogP contribution in [0.4, 0.5) is 13.2 Å². The first-order valence-electron chi connectivity index (χ1n) is 5.64. The van der Waals surface area contributed by atoms with E-state index < -0.39 is 6.36 Å². The lowest BCUT2D eigenvalue weighted by atomic mass is 9.97. The summed E-state index contributed by atoms with van der Waals surface area (Å²) in [5.74, 6) is -0.151. The zero-order valence-electron chi connectivity index (χ0n) is 9.67. The molecule has 1 N–H and O–H groups in total. The molecule has 2 rings (SSSR count). The molecule has 18 heavy (non-hydrogen) atoms. The molecule has 1 saturated heterocycles. The summed E-state index contributed by atoms with van der Waals surface area (Å²) in [6.07, 6.45) is -1.45. The third-order valence-corrected chi connectivity index (χ3v) is 2.80. The summed E-state index contributed by atoms with van der Waals surface area (Å²) in [6.45, 7) is 0.912. The van der Waals surface area contributed by atoms with Crippen LogP contribution in [0.15, 0.2) is 24.3 Å². The highest BCUT2D eigenvalue weighted by atomic mass is 35.5. The molecule has 1 aromatic rings. The molecule has 102 valence electrons. The number of halogens is 4. The molecular formula is C12H15ClF3NO. The van der Waals surface area contributed by atoms with Crippen LogP contribution in [0.5, 0.6) is 5.75 Å². The van der Waals surface area contributed by atoms with Gasteiger partial charge in [-0.2, -0.15) is 0 Å². The van der Waals surface area contributed by atoms with E-state index in [9.17, 15) is 13.2 Å². The summed E-state index contributed by atoms with van der Waals surface area (Å²) in [5.41, 5.74) is 0.853. The Balaban J connectivity index is 0.00000162. The van der Waals surface area contributed by atoms with Gasteiger partial charge in [0.2, 0.25) is 0 Å². The fraction of sp³-hybridized carbons (Fsp3) is 0.500. The maximum Gasteiger partial charge on any atom is 0.573 e. The summed E-state index contributed by atoms with van der Waals surface area (Å²) in [6, 6.07) is 6.33. The van der Waals surface area contributed by atoms with Crippen LogP contribution in [0.3, 0.4) is 0 Å². The first-order chi connectivity index (χ1) is 8.04. The number of hydrogen-bond donors (Lipinski definition) is 1. The lowest BCUT2D eigenvalue weighted by Gasteiger charge is -2.24. The molecule has 0 radical (unpaired) electrons. The van der Waals surface area contributed by atoms with Gasteiger partial charge in [0.15, 0.2) is 0 Å². The highest BCUT2D eigenvalue weighted by molar-refractivity contribution is 5.85. The fourth-order valence-corrected chi connectivity index (χ4v) is 2.06. The SMILES string of the molecule is Cl.FC(F)(F)Oc1cccc(C2CCCCN2)c1. The molecule has 1 atom stereocenters. The molecule has 1 aliphatic rings. The Morgan fingerprint density at radius 3 is 2.61 bits per heavy atom. The molecule has 0 spiro atoms. The van der Waals surface area contributed by atoms with Crippen LogP contribution in [-0.4, -0.2) is 12.9 Å². The second-order valence-electron chi connectivity index (χ2n) is 4.12. The Kier molecular flexibility index (Phi) is 5.28. The Hall–Kier alpha value is -0.940. The van der Waals surface area contributed by atoms with Crippen molar-refractivity contribution in [1.29, 1.82) is 0 Å². The number of rotatable bonds is 2. The van der Waals surface area contributed by atoms with Crippen molar-refractivity contribution in [3.63, 3.8) is 0 Å². The molecule has 1 aromatic carbocycles. The van der Waals surface area contributed by atoms with Crippen LogP contribution in [0.2, 0.25) is 0 Å². The van der Waals surface area contributed by atoms with Crippen molar-refractivity contribution >= 4 is 12.4 Å². The van der Waals surface area contributed by atoms with Crippen molar-refractivity contribution in [3.8, 4) is 5.75 Å². The summed E-state index contributed by atoms with van der Waals surface area (Å²) in [5, 5.41) is 3.29. The summed E-state index contributed by atoms with van der Waals surface area (Å²) < 4.78 is 40.1. The Morgan fingerprint density at radius 1 is 1.22 bits per heavy atom. The molecule has 0 aliphatic carbocycles. The van der Waals surface area contributed by atoms with Crippen molar-refractivity contribution < 1.29 is 17.9 Å². The molecule has 0 bridgehead atoms. The normalized spacial score (nSPS) is 20.1. The minimum atomic E-state index is -4.63. The standard InChI is InChI=1S/C12H14F3NO.ClH/c13-12(14,15)17-10-5-3-4-9(8-10)11-6-1-2-7-16-11;/h3-5,8,11,16H,1-2,6-7H2;1H. The van der Waals surface area contributed by atoms with Crippen molar-refractivity contribution in [3.05, 3.63) is 29.8 Å². The van der Waals surface area contributed by atoms with E-state index in [1.807, 2.05) is 6.07 Å². The van der Waals surface area contributed by atoms with Crippen molar-refractivity contribution in [2.45, 2.75) is 31.7 Å². The van der Waals surface area contributed by atoms with Crippen molar-refractivity contribution in [2.75, 3.05) is 6.54 Å². The van der Waals surface area contributed by atoms with E-state index in [0.717, 1.165) is 31.4 Å². The van der Waals surface area contributed by atoms with E-state index in [1.54, 1.807) is 6.07 Å². The first kappa shape index (κ1) is 15.1. The zero-order chi connectivity index (χ0) is 12.3. The molecule has 1 unspecified atom stereocenters. The largest absolute Gasteiger partial charge is 0.573 e. The number of alkyl halides is 3. The maximum atomic E-state index is 12.1. The molecule has 0 amide bonds. The molecule has 1 aliphatic heterocycles. The number of nitrogens with one attached hydrogen (secondary N) is 1. The minimum absolute atomic E-state index is 0. The monoisotopic (exact) mass is 281 g/mol. The van der Waals surface area contributed by atoms with E-state index >= 15 is 0 Å². The average molecular weight is 282 g/mol. The van der Waals surface area contributed by atoms with Gasteiger partial charge >= 0.3 is 6.36 Å². The molecule has 0 saturated carbocycles. The van der Waals surface area contributed by atoms with Gasteiger partial charge in [-0.3, -0.25) is 0 Å². The van der Waals surface area contributed by atoms with Crippen LogP contribution >= 0.6 is 12.4 Å². The average Bonchev–Trinajstić information content (AvgIpc) is 2.28. The topological polar surface area (TPSA) is 21.3 Å². The molecule has 1 heterocycles. The highest BCUT2D eigenvalue weighted by Crippen LogP contribution is 2.28. The lowest BCUT2D eigenvalue weighted by molar-refractivity contribution is -0.274. The van der Waals surface area contributed by atoms with E-state index in [1.165, 1.54) is 12.1 Å². The van der Waals surface area contributed by atoms with E-state index in [-0.39, 0.29) is 24.2 Å². The first-order valence-corrected chi connectivity index (χ1v) is 5.64. The van der Waals surface area contributed by atoms with Crippen LogP contribution in [0.1, 0.15) is 30.9 Å². The van der Waals surface area contributed by atoms with Gasteiger partial charge in [-0.15, -0.1) is 25.6 Å². The summed E-state index contributed by atoms with van der Waals surface area (Å²) >= 11 is 0. The predicted molar refractivity (Wildman–Crippen MR) is 65.0 cm³/mol. The van der Waals surface area contributed by atoms with E-state index in [0.29, 0.717) is 0 Å². The maximum absolute atomic E-state index is 12.1. The lowest BCUT2D eigenvalue weighted by Crippen LogP contribution is -2.26. The Labute approximate surface area is 110 Å². The summed E-state index contributed by atoms with van der Waals surface area (Å²) in [4.78, 5) is 0. The molecular weight excluding hydrogens is 267 g/mol. The van der Waals surface area contributed by atoms with E-state index in [2.05, 4.69) is 10.1 Å². The molecule has 6 heteroatoms. The van der Waals surface area contributed by atoms with Gasteiger partial charge < -0.3 is 10.1 Å². The number of piperidine rings is 1. The predicted octanol–water partition coefficient (Wildman–Crippen LogP) is 3.82. The van der Waals surface area contributed by atoms with Gasteiger partial charge in [0.05, 0.1) is 0 Å². The van der Waals surface area contributed by atoms with Crippen molar-refractivity contribution in [1.82, 2.24) is 5.32 Å². The Morgan fingerprint density at radius 2 is 2.00 bits per heavy atom. The van der Waals surface area contributed by atoms with Gasteiger partial charge in [-0.05, 0) is 37.1 Å². The third kappa shape index (κ3) is 4.38. The number of ether oxygens (including phenoxy) is 1. The second kappa shape index (κ2) is 6.29. The summed E-state index contributed by atoms with van der Waals surface area (Å²) in [7, 11) is 0. The number of hydrogen-bond acceptors (Lipinski definition) is 2. The van der Waals surface area contributed by atoms with Gasteiger partial charge in [0.25, 0.3) is 0 Å². The van der Waals surface area contributed by atoms with Gasteiger partial charge in [-0.25, -0.2) is 0 Å². The van der Waals surface area contributed by atoms with Gasteiger partial charge in [-0.1, -0.05) is 18.6 Å². The van der Waals surface area contributed by atoms with Crippen LogP contribution in [0, 0.1) is 0 Å². The van der Waals surface area contributed by atoms with Crippen LogP contribution < -0.4 is 10.1 Å². The molecule has 0 aromatic heterocycles. The highest BCUT2D eigenvalue weighted by Gasteiger charge is 2.31. The van der Waals surface area contributed by atoms with E-state index in [4.69, 9.17) is 0 Å². The van der Waals surface area contributed by atoms with Crippen LogP contribution in [-0.2, 0) is 0 Å². The molecule has 1 fully saturated rings. The van der Waals surface area contributed by atoms with Gasteiger partial charge in [0.1, 0.15) is 5.75 Å². The Bertz CT molecular complexity index is 378. The minimum Gasteiger partial charge on any atom is -0.406 e. The quantitative estimate of drug-likeness (QED) is 0.890. The van der Waals surface area contributed by atoms with Gasteiger partial charge in [0, 0.05) is 6.04 Å².